The highest BCUT2D eigenvalue weighted by molar-refractivity contribution is 9.10. The Hall–Kier alpha value is -3.09. The van der Waals surface area contributed by atoms with Gasteiger partial charge >= 0.3 is 0 Å². The number of fused-ring (bicyclic) bond motifs is 1. The molecule has 0 aromatic heterocycles. The SMILES string of the molecule is CN1CC(c2ccc(Br)cc2)C(C(=O)c2cccc(O)c2)C12C(=O)c1ccccc1C2=O. The van der Waals surface area contributed by atoms with Crippen molar-refractivity contribution in [3.8, 4) is 5.75 Å². The van der Waals surface area contributed by atoms with Gasteiger partial charge in [0.05, 0.1) is 5.92 Å². The summed E-state index contributed by atoms with van der Waals surface area (Å²) in [6, 6.07) is 20.5. The van der Waals surface area contributed by atoms with Gasteiger partial charge in [-0.1, -0.05) is 64.5 Å². The number of hydrogen-bond donors (Lipinski definition) is 1. The number of likely N-dealkylation sites (N-methyl/N-ethyl adjacent to an activating group) is 1. The number of phenolic OH excluding ortho intramolecular Hbond substituents is 1. The van der Waals surface area contributed by atoms with Gasteiger partial charge in [0, 0.05) is 33.6 Å². The summed E-state index contributed by atoms with van der Waals surface area (Å²) in [5.41, 5.74) is 0.267. The van der Waals surface area contributed by atoms with Crippen LogP contribution in [-0.2, 0) is 0 Å². The van der Waals surface area contributed by atoms with Gasteiger partial charge in [-0.05, 0) is 36.9 Å². The number of Topliss-reactive ketones (excluding diaryl/α,β-unsaturated/α-hetero) is 3. The van der Waals surface area contributed by atoms with E-state index in [4.69, 9.17) is 0 Å². The van der Waals surface area contributed by atoms with Crippen LogP contribution < -0.4 is 0 Å². The van der Waals surface area contributed by atoms with Crippen LogP contribution in [0.5, 0.6) is 5.75 Å². The first-order valence-electron chi connectivity index (χ1n) is 10.3. The van der Waals surface area contributed by atoms with E-state index in [-0.39, 0.29) is 34.6 Å². The summed E-state index contributed by atoms with van der Waals surface area (Å²) >= 11 is 3.44. The fraction of sp³-hybridized carbons (Fsp3) is 0.192. The van der Waals surface area contributed by atoms with E-state index in [1.54, 1.807) is 48.3 Å². The van der Waals surface area contributed by atoms with Crippen LogP contribution in [0.2, 0.25) is 0 Å². The zero-order chi connectivity index (χ0) is 22.6. The number of rotatable bonds is 3. The van der Waals surface area contributed by atoms with Crippen LogP contribution in [0.15, 0.2) is 77.3 Å². The molecule has 1 fully saturated rings. The average Bonchev–Trinajstić information content (AvgIpc) is 3.22. The number of likely N-dealkylation sites (tertiary alicyclic amines) is 1. The van der Waals surface area contributed by atoms with Gasteiger partial charge in [-0.2, -0.15) is 0 Å². The largest absolute Gasteiger partial charge is 0.508 e. The number of halogens is 1. The Labute approximate surface area is 193 Å². The minimum atomic E-state index is -1.61. The Morgan fingerprint density at radius 3 is 2.19 bits per heavy atom. The summed E-state index contributed by atoms with van der Waals surface area (Å²) in [5.74, 6) is -2.33. The highest BCUT2D eigenvalue weighted by Gasteiger charge is 2.67. The Bertz CT molecular complexity index is 1230. The van der Waals surface area contributed by atoms with Gasteiger partial charge in [0.25, 0.3) is 0 Å². The summed E-state index contributed by atoms with van der Waals surface area (Å²) in [6.07, 6.45) is 0. The van der Waals surface area contributed by atoms with Gasteiger partial charge in [0.1, 0.15) is 5.75 Å². The molecule has 0 bridgehead atoms. The summed E-state index contributed by atoms with van der Waals surface area (Å²) < 4.78 is 0.901. The van der Waals surface area contributed by atoms with Crippen LogP contribution in [0.3, 0.4) is 0 Å². The van der Waals surface area contributed by atoms with Crippen molar-refractivity contribution >= 4 is 33.3 Å². The van der Waals surface area contributed by atoms with Crippen molar-refractivity contribution in [3.63, 3.8) is 0 Å². The highest BCUT2D eigenvalue weighted by Crippen LogP contribution is 2.51. The molecule has 1 heterocycles. The van der Waals surface area contributed by atoms with Crippen LogP contribution in [0.4, 0.5) is 0 Å². The van der Waals surface area contributed by atoms with Crippen molar-refractivity contribution in [2.24, 2.45) is 5.92 Å². The molecule has 1 N–H and O–H groups in total. The number of aromatic hydroxyl groups is 1. The molecule has 2 aliphatic rings. The van der Waals surface area contributed by atoms with Gasteiger partial charge in [-0.3, -0.25) is 19.3 Å². The lowest BCUT2D eigenvalue weighted by Gasteiger charge is -2.34. The molecular weight excluding hydrogens is 470 g/mol. The second-order valence-corrected chi connectivity index (χ2v) is 9.32. The Kier molecular flexibility index (Phi) is 4.87. The van der Waals surface area contributed by atoms with Crippen LogP contribution in [0.25, 0.3) is 0 Å². The van der Waals surface area contributed by atoms with E-state index >= 15 is 0 Å². The quantitative estimate of drug-likeness (QED) is 0.433. The van der Waals surface area contributed by atoms with E-state index in [1.807, 2.05) is 24.3 Å². The van der Waals surface area contributed by atoms with Gasteiger partial charge in [-0.15, -0.1) is 0 Å². The summed E-state index contributed by atoms with van der Waals surface area (Å²) in [7, 11) is 1.74. The van der Waals surface area contributed by atoms with Crippen molar-refractivity contribution in [1.82, 2.24) is 4.90 Å². The Morgan fingerprint density at radius 1 is 0.969 bits per heavy atom. The molecule has 0 amide bonds. The maximum atomic E-state index is 13.9. The molecule has 1 aliphatic carbocycles. The van der Waals surface area contributed by atoms with Gasteiger partial charge in [-0.25, -0.2) is 0 Å². The molecule has 3 aromatic rings. The zero-order valence-electron chi connectivity index (χ0n) is 17.3. The fourth-order valence-electron chi connectivity index (χ4n) is 5.31. The lowest BCUT2D eigenvalue weighted by molar-refractivity contribution is 0.0515. The van der Waals surface area contributed by atoms with Crippen molar-refractivity contribution in [3.05, 3.63) is 99.5 Å². The first kappa shape index (κ1) is 20.8. The van der Waals surface area contributed by atoms with Gasteiger partial charge in [0.15, 0.2) is 22.9 Å². The number of carbonyl (C=O) groups excluding carboxylic acids is 3. The molecule has 1 saturated heterocycles. The zero-order valence-corrected chi connectivity index (χ0v) is 18.9. The summed E-state index contributed by atoms with van der Waals surface area (Å²) in [4.78, 5) is 43.3. The van der Waals surface area contributed by atoms with Crippen molar-refractivity contribution in [2.45, 2.75) is 11.5 Å². The minimum Gasteiger partial charge on any atom is -0.508 e. The first-order valence-corrected chi connectivity index (χ1v) is 11.1. The number of hydrogen-bond acceptors (Lipinski definition) is 5. The van der Waals surface area contributed by atoms with Crippen LogP contribution in [0, 0.1) is 5.92 Å². The molecule has 3 aromatic carbocycles. The average molecular weight is 490 g/mol. The summed E-state index contributed by atoms with van der Waals surface area (Å²) in [6.45, 7) is 0.377. The third kappa shape index (κ3) is 2.83. The summed E-state index contributed by atoms with van der Waals surface area (Å²) in [5, 5.41) is 9.97. The predicted molar refractivity (Wildman–Crippen MR) is 123 cm³/mol. The third-order valence-electron chi connectivity index (χ3n) is 6.75. The number of carbonyl (C=O) groups is 3. The van der Waals surface area contributed by atoms with E-state index in [2.05, 4.69) is 15.9 Å². The maximum Gasteiger partial charge on any atom is 0.192 e. The van der Waals surface area contributed by atoms with E-state index in [0.717, 1.165) is 10.0 Å². The number of nitrogens with zero attached hydrogens (tertiary/aromatic N) is 1. The van der Waals surface area contributed by atoms with E-state index < -0.39 is 11.5 Å². The number of ketones is 3. The van der Waals surface area contributed by atoms with E-state index in [9.17, 15) is 19.5 Å². The lowest BCUT2D eigenvalue weighted by atomic mass is 9.70. The van der Waals surface area contributed by atoms with E-state index in [0.29, 0.717) is 17.7 Å². The van der Waals surface area contributed by atoms with Crippen molar-refractivity contribution in [1.29, 1.82) is 0 Å². The second kappa shape index (κ2) is 7.50. The van der Waals surface area contributed by atoms with Crippen LogP contribution in [-0.4, -0.2) is 46.5 Å². The normalized spacial score (nSPS) is 21.8. The van der Waals surface area contributed by atoms with E-state index in [1.165, 1.54) is 12.1 Å². The van der Waals surface area contributed by atoms with Crippen molar-refractivity contribution in [2.75, 3.05) is 13.6 Å². The molecule has 6 heteroatoms. The third-order valence-corrected chi connectivity index (χ3v) is 7.27. The molecule has 5 nitrogen and oxygen atoms in total. The molecule has 0 saturated carbocycles. The molecule has 1 aliphatic heterocycles. The number of phenols is 1. The van der Waals surface area contributed by atoms with Crippen LogP contribution in [0.1, 0.15) is 42.6 Å². The Balaban J connectivity index is 1.72. The van der Waals surface area contributed by atoms with Gasteiger partial charge in [0.2, 0.25) is 0 Å². The smallest absolute Gasteiger partial charge is 0.192 e. The molecule has 5 rings (SSSR count). The maximum absolute atomic E-state index is 13.9. The molecule has 0 radical (unpaired) electrons. The highest BCUT2D eigenvalue weighted by atomic mass is 79.9. The number of benzene rings is 3. The topological polar surface area (TPSA) is 74.7 Å². The first-order chi connectivity index (χ1) is 15.4. The molecule has 2 unspecified atom stereocenters. The molecule has 32 heavy (non-hydrogen) atoms. The molecule has 1 spiro atoms. The Morgan fingerprint density at radius 2 is 1.59 bits per heavy atom. The lowest BCUT2D eigenvalue weighted by Crippen LogP contribution is -2.57. The second-order valence-electron chi connectivity index (χ2n) is 8.40. The van der Waals surface area contributed by atoms with Gasteiger partial charge < -0.3 is 5.11 Å². The standard InChI is InChI=1S/C26H20BrNO4/c1-28-14-21(15-9-11-17(27)12-10-15)22(23(30)16-5-4-6-18(29)13-16)26(28)24(31)19-7-2-3-8-20(19)25(26)32/h2-13,21-22,29H,14H2,1H3. The molecule has 2 atom stereocenters. The molecule has 160 valence electrons. The van der Waals surface area contributed by atoms with Crippen LogP contribution >= 0.6 is 15.9 Å². The monoisotopic (exact) mass is 489 g/mol. The molecular formula is C26H20BrNO4. The van der Waals surface area contributed by atoms with Crippen molar-refractivity contribution < 1.29 is 19.5 Å². The predicted octanol–water partition coefficient (Wildman–Crippen LogP) is 4.50. The minimum absolute atomic E-state index is 0.0381. The fourth-order valence-corrected chi connectivity index (χ4v) is 5.58.